The molecule has 0 aliphatic rings. The number of nitrogens with zero attached hydrogens (tertiary/aromatic N) is 3. The molecule has 0 spiro atoms. The monoisotopic (exact) mass is 383 g/mol. The summed E-state index contributed by atoms with van der Waals surface area (Å²) in [4.78, 5) is 25.2. The number of hydrogen-bond donors (Lipinski definition) is 0. The van der Waals surface area contributed by atoms with E-state index in [1.165, 1.54) is 23.7 Å². The van der Waals surface area contributed by atoms with Crippen LogP contribution in [0.5, 0.6) is 0 Å². The standard InChI is InChI=1S/C20H15ClFN3O2/c1-23-16-11-25(15-9-7-14(22)8-10-15)18(12-3-5-13(21)6-4-12)17(16)19(26)24(2)20(23)27/h3-11H,1-2H3. The van der Waals surface area contributed by atoms with Gasteiger partial charge in [0.05, 0.1) is 16.6 Å². The van der Waals surface area contributed by atoms with Gasteiger partial charge >= 0.3 is 5.69 Å². The van der Waals surface area contributed by atoms with Crippen LogP contribution in [0.3, 0.4) is 0 Å². The Kier molecular flexibility index (Phi) is 4.00. The normalized spacial score (nSPS) is 11.3. The lowest BCUT2D eigenvalue weighted by molar-refractivity contribution is 0.627. The van der Waals surface area contributed by atoms with Crippen molar-refractivity contribution in [2.75, 3.05) is 0 Å². The first-order valence-electron chi connectivity index (χ1n) is 8.21. The minimum absolute atomic E-state index is 0.355. The summed E-state index contributed by atoms with van der Waals surface area (Å²) in [6, 6.07) is 13.0. The Morgan fingerprint density at radius 2 is 1.52 bits per heavy atom. The third-order valence-electron chi connectivity index (χ3n) is 4.66. The van der Waals surface area contributed by atoms with Crippen LogP contribution < -0.4 is 11.2 Å². The van der Waals surface area contributed by atoms with Gasteiger partial charge in [0, 0.05) is 31.0 Å². The van der Waals surface area contributed by atoms with Gasteiger partial charge in [-0.25, -0.2) is 9.18 Å². The van der Waals surface area contributed by atoms with Crippen LogP contribution in [0.25, 0.3) is 27.8 Å². The third kappa shape index (κ3) is 2.69. The highest BCUT2D eigenvalue weighted by atomic mass is 35.5. The number of benzene rings is 2. The predicted molar refractivity (Wildman–Crippen MR) is 104 cm³/mol. The fourth-order valence-electron chi connectivity index (χ4n) is 3.24. The van der Waals surface area contributed by atoms with E-state index in [-0.39, 0.29) is 11.4 Å². The summed E-state index contributed by atoms with van der Waals surface area (Å²) < 4.78 is 17.7. The lowest BCUT2D eigenvalue weighted by Crippen LogP contribution is -2.36. The summed E-state index contributed by atoms with van der Waals surface area (Å²) in [6.07, 6.45) is 1.72. The van der Waals surface area contributed by atoms with Crippen molar-refractivity contribution >= 4 is 22.5 Å². The Morgan fingerprint density at radius 3 is 2.15 bits per heavy atom. The molecular formula is C20H15ClFN3O2. The molecule has 4 rings (SSSR count). The van der Waals surface area contributed by atoms with Crippen molar-refractivity contribution in [3.8, 4) is 16.9 Å². The van der Waals surface area contributed by atoms with Crippen molar-refractivity contribution in [3.05, 3.63) is 86.4 Å². The van der Waals surface area contributed by atoms with Crippen LogP contribution in [-0.2, 0) is 14.1 Å². The lowest BCUT2D eigenvalue weighted by atomic mass is 10.1. The van der Waals surface area contributed by atoms with Gasteiger partial charge in [-0.1, -0.05) is 23.7 Å². The first kappa shape index (κ1) is 17.3. The minimum Gasteiger partial charge on any atom is -0.314 e. The van der Waals surface area contributed by atoms with Gasteiger partial charge < -0.3 is 4.57 Å². The molecule has 5 nitrogen and oxygen atoms in total. The van der Waals surface area contributed by atoms with E-state index in [1.54, 1.807) is 42.1 Å². The van der Waals surface area contributed by atoms with Gasteiger partial charge in [0.15, 0.2) is 0 Å². The molecule has 0 atom stereocenters. The number of rotatable bonds is 2. The second kappa shape index (κ2) is 6.25. The van der Waals surface area contributed by atoms with E-state index < -0.39 is 5.69 Å². The van der Waals surface area contributed by atoms with Gasteiger partial charge in [-0.15, -0.1) is 0 Å². The molecule has 0 radical (unpaired) electrons. The fraction of sp³-hybridized carbons (Fsp3) is 0.100. The van der Waals surface area contributed by atoms with Crippen molar-refractivity contribution in [1.82, 2.24) is 13.7 Å². The van der Waals surface area contributed by atoms with Crippen molar-refractivity contribution in [1.29, 1.82) is 0 Å². The van der Waals surface area contributed by atoms with Crippen molar-refractivity contribution in [3.63, 3.8) is 0 Å². The van der Waals surface area contributed by atoms with Gasteiger partial charge in [-0.3, -0.25) is 13.9 Å². The molecule has 0 bridgehead atoms. The number of fused-ring (bicyclic) bond motifs is 1. The molecule has 0 amide bonds. The Labute approximate surface area is 158 Å². The molecule has 0 saturated heterocycles. The summed E-state index contributed by atoms with van der Waals surface area (Å²) in [6.45, 7) is 0. The molecule has 4 aromatic rings. The Hall–Kier alpha value is -3.12. The SMILES string of the molecule is Cn1c(=O)c2c(-c3ccc(Cl)cc3)n(-c3ccc(F)cc3)cc2n(C)c1=O. The summed E-state index contributed by atoms with van der Waals surface area (Å²) in [5, 5.41) is 0.981. The van der Waals surface area contributed by atoms with E-state index in [4.69, 9.17) is 11.6 Å². The molecule has 27 heavy (non-hydrogen) atoms. The second-order valence-corrected chi connectivity index (χ2v) is 6.73. The molecule has 2 heterocycles. The molecule has 0 aliphatic carbocycles. The number of aromatic nitrogens is 3. The van der Waals surface area contributed by atoms with Crippen LogP contribution in [0.2, 0.25) is 5.02 Å². The Bertz CT molecular complexity index is 1280. The molecule has 136 valence electrons. The molecule has 2 aromatic carbocycles. The van der Waals surface area contributed by atoms with Gasteiger partial charge in [0.2, 0.25) is 0 Å². The number of halogens is 2. The van der Waals surface area contributed by atoms with Crippen molar-refractivity contribution < 1.29 is 4.39 Å². The molecule has 7 heteroatoms. The maximum Gasteiger partial charge on any atom is 0.330 e. The maximum absolute atomic E-state index is 13.4. The van der Waals surface area contributed by atoms with Crippen LogP contribution in [0, 0.1) is 5.82 Å². The van der Waals surface area contributed by atoms with Gasteiger partial charge in [0.1, 0.15) is 5.82 Å². The lowest BCUT2D eigenvalue weighted by Gasteiger charge is -2.10. The quantitative estimate of drug-likeness (QED) is 0.532. The van der Waals surface area contributed by atoms with E-state index in [1.807, 2.05) is 12.1 Å². The van der Waals surface area contributed by atoms with Gasteiger partial charge in [-0.2, -0.15) is 0 Å². The highest BCUT2D eigenvalue weighted by Gasteiger charge is 2.20. The van der Waals surface area contributed by atoms with E-state index >= 15 is 0 Å². The Morgan fingerprint density at radius 1 is 0.889 bits per heavy atom. The summed E-state index contributed by atoms with van der Waals surface area (Å²) in [7, 11) is 3.07. The molecular weight excluding hydrogens is 369 g/mol. The number of hydrogen-bond acceptors (Lipinski definition) is 2. The van der Waals surface area contributed by atoms with Crippen LogP contribution >= 0.6 is 11.6 Å². The predicted octanol–water partition coefficient (Wildman–Crippen LogP) is 3.49. The highest BCUT2D eigenvalue weighted by Crippen LogP contribution is 2.31. The van der Waals surface area contributed by atoms with Gasteiger partial charge in [-0.05, 0) is 42.0 Å². The third-order valence-corrected chi connectivity index (χ3v) is 4.91. The van der Waals surface area contributed by atoms with Gasteiger partial charge in [0.25, 0.3) is 5.56 Å². The molecule has 0 unspecified atom stereocenters. The molecule has 2 aromatic heterocycles. The molecule has 0 fully saturated rings. The van der Waals surface area contributed by atoms with E-state index in [9.17, 15) is 14.0 Å². The first-order valence-corrected chi connectivity index (χ1v) is 8.59. The molecule has 0 saturated carbocycles. The van der Waals surface area contributed by atoms with E-state index in [0.717, 1.165) is 10.1 Å². The second-order valence-electron chi connectivity index (χ2n) is 6.30. The van der Waals surface area contributed by atoms with Crippen molar-refractivity contribution in [2.24, 2.45) is 14.1 Å². The van der Waals surface area contributed by atoms with Crippen LogP contribution in [0.15, 0.2) is 64.3 Å². The summed E-state index contributed by atoms with van der Waals surface area (Å²) >= 11 is 6.01. The average molecular weight is 384 g/mol. The zero-order valence-electron chi connectivity index (χ0n) is 14.6. The fourth-order valence-corrected chi connectivity index (χ4v) is 3.36. The summed E-state index contributed by atoms with van der Waals surface area (Å²) in [5.74, 6) is -0.355. The van der Waals surface area contributed by atoms with E-state index in [2.05, 4.69) is 0 Å². The highest BCUT2D eigenvalue weighted by molar-refractivity contribution is 6.30. The van der Waals surface area contributed by atoms with Crippen LogP contribution in [0.4, 0.5) is 4.39 Å². The molecule has 0 N–H and O–H groups in total. The zero-order chi connectivity index (χ0) is 19.3. The minimum atomic E-state index is -0.411. The first-order chi connectivity index (χ1) is 12.9. The van der Waals surface area contributed by atoms with Crippen molar-refractivity contribution in [2.45, 2.75) is 0 Å². The maximum atomic E-state index is 13.4. The molecule has 0 aliphatic heterocycles. The topological polar surface area (TPSA) is 48.9 Å². The van der Waals surface area contributed by atoms with Crippen LogP contribution in [-0.4, -0.2) is 13.7 Å². The largest absolute Gasteiger partial charge is 0.330 e. The van der Waals surface area contributed by atoms with E-state index in [0.29, 0.717) is 27.3 Å². The summed E-state index contributed by atoms with van der Waals surface area (Å²) in [5.41, 5.74) is 1.74. The zero-order valence-corrected chi connectivity index (χ0v) is 15.4. The Balaban J connectivity index is 2.18. The smallest absolute Gasteiger partial charge is 0.314 e. The number of aryl methyl sites for hydroxylation is 1. The average Bonchev–Trinajstić information content (AvgIpc) is 3.06. The van der Waals surface area contributed by atoms with Crippen LogP contribution in [0.1, 0.15) is 0 Å².